The van der Waals surface area contributed by atoms with E-state index in [9.17, 15) is 9.59 Å². The Bertz CT molecular complexity index is 908. The molecule has 0 aliphatic heterocycles. The van der Waals surface area contributed by atoms with Crippen molar-refractivity contribution in [3.63, 3.8) is 0 Å². The van der Waals surface area contributed by atoms with Crippen LogP contribution in [0.4, 0.5) is 0 Å². The molecule has 0 aliphatic rings. The molecule has 3 aromatic rings. The second kappa shape index (κ2) is 5.48. The molecule has 6 nitrogen and oxygen atoms in total. The number of hydrogen-bond acceptors (Lipinski definition) is 4. The normalized spacial score (nSPS) is 10.8. The highest BCUT2D eigenvalue weighted by Crippen LogP contribution is 2.18. The van der Waals surface area contributed by atoms with Crippen LogP contribution in [-0.2, 0) is 4.74 Å². The highest BCUT2D eigenvalue weighted by molar-refractivity contribution is 5.93. The summed E-state index contributed by atoms with van der Waals surface area (Å²) in [5.41, 5.74) is 1.95. The van der Waals surface area contributed by atoms with Crippen molar-refractivity contribution in [3.05, 3.63) is 58.0 Å². The van der Waals surface area contributed by atoms with Crippen LogP contribution in [0.15, 0.2) is 41.3 Å². The summed E-state index contributed by atoms with van der Waals surface area (Å²) in [6, 6.07) is 9.23. The van der Waals surface area contributed by atoms with Crippen molar-refractivity contribution in [3.8, 4) is 5.69 Å². The van der Waals surface area contributed by atoms with Crippen molar-refractivity contribution in [2.75, 3.05) is 6.61 Å². The Morgan fingerprint density at radius 2 is 2.14 bits per heavy atom. The van der Waals surface area contributed by atoms with Gasteiger partial charge in [0.2, 0.25) is 0 Å². The Morgan fingerprint density at radius 3 is 2.86 bits per heavy atom. The zero-order valence-corrected chi connectivity index (χ0v) is 12.3. The van der Waals surface area contributed by atoms with Crippen LogP contribution >= 0.6 is 0 Å². The third-order valence-electron chi connectivity index (χ3n) is 3.41. The lowest BCUT2D eigenvalue weighted by molar-refractivity contribution is 0.0524. The van der Waals surface area contributed by atoms with Gasteiger partial charge in [-0.2, -0.15) is 5.10 Å². The van der Waals surface area contributed by atoms with Gasteiger partial charge >= 0.3 is 5.97 Å². The van der Waals surface area contributed by atoms with Gasteiger partial charge in [0.25, 0.3) is 5.56 Å². The highest BCUT2D eigenvalue weighted by atomic mass is 16.5. The molecular weight excluding hydrogens is 282 g/mol. The lowest BCUT2D eigenvalue weighted by Gasteiger charge is -2.07. The van der Waals surface area contributed by atoms with E-state index in [4.69, 9.17) is 4.74 Å². The Labute approximate surface area is 126 Å². The monoisotopic (exact) mass is 297 g/mol. The van der Waals surface area contributed by atoms with Crippen LogP contribution in [-0.4, -0.2) is 27.3 Å². The maximum atomic E-state index is 12.1. The van der Waals surface area contributed by atoms with Crippen molar-refractivity contribution in [1.29, 1.82) is 0 Å². The van der Waals surface area contributed by atoms with Crippen LogP contribution in [0.5, 0.6) is 0 Å². The Balaban J connectivity index is 2.18. The van der Waals surface area contributed by atoms with Crippen LogP contribution in [0.3, 0.4) is 0 Å². The number of rotatable bonds is 3. The number of nitrogens with zero attached hydrogens (tertiary/aromatic N) is 2. The zero-order valence-electron chi connectivity index (χ0n) is 12.3. The number of carbonyl (C=O) groups excluding carboxylic acids is 1. The maximum absolute atomic E-state index is 12.1. The summed E-state index contributed by atoms with van der Waals surface area (Å²) >= 11 is 0. The van der Waals surface area contributed by atoms with Crippen LogP contribution in [0.1, 0.15) is 22.8 Å². The van der Waals surface area contributed by atoms with Gasteiger partial charge in [-0.3, -0.25) is 4.79 Å². The van der Waals surface area contributed by atoms with Crippen LogP contribution in [0.2, 0.25) is 0 Å². The van der Waals surface area contributed by atoms with E-state index in [-0.39, 0.29) is 12.2 Å². The molecule has 0 fully saturated rings. The minimum Gasteiger partial charge on any atom is -0.462 e. The molecule has 0 amide bonds. The number of pyridine rings is 1. The largest absolute Gasteiger partial charge is 0.462 e. The number of benzene rings is 1. The number of ether oxygens (including phenoxy) is 1. The molecule has 0 spiro atoms. The van der Waals surface area contributed by atoms with E-state index in [2.05, 4.69) is 10.1 Å². The number of aromatic nitrogens is 3. The van der Waals surface area contributed by atoms with Gasteiger partial charge in [0.15, 0.2) is 0 Å². The number of esters is 1. The first kappa shape index (κ1) is 14.1. The number of carbonyl (C=O) groups is 1. The van der Waals surface area contributed by atoms with Crippen molar-refractivity contribution in [2.45, 2.75) is 13.8 Å². The molecule has 1 aromatic carbocycles. The molecule has 2 aromatic heterocycles. The van der Waals surface area contributed by atoms with E-state index < -0.39 is 11.5 Å². The molecule has 0 radical (unpaired) electrons. The first-order chi connectivity index (χ1) is 10.6. The van der Waals surface area contributed by atoms with E-state index in [0.29, 0.717) is 11.0 Å². The standard InChI is InChI=1S/C16H15N3O3/c1-3-22-16(21)12-8-11-9-17-19(14(11)18-15(12)20)13-7-5-4-6-10(13)2/h4-9H,3H2,1-2H3,(H,18,20). The number of hydrogen-bond donors (Lipinski definition) is 1. The predicted molar refractivity (Wildman–Crippen MR) is 82.4 cm³/mol. The highest BCUT2D eigenvalue weighted by Gasteiger charge is 2.15. The molecule has 2 heterocycles. The van der Waals surface area contributed by atoms with Gasteiger partial charge < -0.3 is 9.72 Å². The number of fused-ring (bicyclic) bond motifs is 1. The molecule has 0 saturated carbocycles. The quantitative estimate of drug-likeness (QED) is 0.752. The summed E-state index contributed by atoms with van der Waals surface area (Å²) in [4.78, 5) is 26.6. The van der Waals surface area contributed by atoms with Gasteiger partial charge in [-0.05, 0) is 31.5 Å². The molecule has 22 heavy (non-hydrogen) atoms. The summed E-state index contributed by atoms with van der Waals surface area (Å²) in [5, 5.41) is 4.98. The van der Waals surface area contributed by atoms with Crippen molar-refractivity contribution in [2.24, 2.45) is 0 Å². The SMILES string of the molecule is CCOC(=O)c1cc2cnn(-c3ccccc3C)c2[nH]c1=O. The van der Waals surface area contributed by atoms with Crippen LogP contribution in [0.25, 0.3) is 16.7 Å². The molecule has 0 aliphatic carbocycles. The van der Waals surface area contributed by atoms with E-state index in [0.717, 1.165) is 11.3 Å². The molecule has 0 bridgehead atoms. The third kappa shape index (κ3) is 2.28. The molecule has 6 heteroatoms. The van der Waals surface area contributed by atoms with Gasteiger partial charge in [0.1, 0.15) is 11.2 Å². The second-order valence-electron chi connectivity index (χ2n) is 4.88. The number of nitrogens with one attached hydrogen (secondary N) is 1. The number of aryl methyl sites for hydroxylation is 1. The summed E-state index contributed by atoms with van der Waals surface area (Å²) in [5.74, 6) is -0.630. The number of para-hydroxylation sites is 1. The second-order valence-corrected chi connectivity index (χ2v) is 4.88. The molecule has 0 saturated heterocycles. The average molecular weight is 297 g/mol. The van der Waals surface area contributed by atoms with Crippen LogP contribution in [0, 0.1) is 6.92 Å². The van der Waals surface area contributed by atoms with Crippen molar-refractivity contribution in [1.82, 2.24) is 14.8 Å². The summed E-state index contributed by atoms with van der Waals surface area (Å²) in [7, 11) is 0. The van der Waals surface area contributed by atoms with Crippen LogP contribution < -0.4 is 5.56 Å². The van der Waals surface area contributed by atoms with Gasteiger partial charge in [0.05, 0.1) is 18.5 Å². The minimum absolute atomic E-state index is 0.0151. The lowest BCUT2D eigenvalue weighted by atomic mass is 10.2. The number of H-pyrrole nitrogens is 1. The first-order valence-corrected chi connectivity index (χ1v) is 6.96. The molecule has 0 atom stereocenters. The summed E-state index contributed by atoms with van der Waals surface area (Å²) in [6.45, 7) is 3.88. The molecule has 112 valence electrons. The van der Waals surface area contributed by atoms with Gasteiger partial charge in [-0.25, -0.2) is 9.48 Å². The van der Waals surface area contributed by atoms with E-state index in [1.165, 1.54) is 6.07 Å². The molecule has 0 unspecified atom stereocenters. The topological polar surface area (TPSA) is 77.0 Å². The van der Waals surface area contributed by atoms with Crippen molar-refractivity contribution < 1.29 is 9.53 Å². The fourth-order valence-electron chi connectivity index (χ4n) is 2.33. The smallest absolute Gasteiger partial charge is 0.343 e. The maximum Gasteiger partial charge on any atom is 0.343 e. The van der Waals surface area contributed by atoms with Gasteiger partial charge in [-0.15, -0.1) is 0 Å². The summed E-state index contributed by atoms with van der Waals surface area (Å²) in [6.07, 6.45) is 1.61. The number of aromatic amines is 1. The van der Waals surface area contributed by atoms with E-state index in [1.54, 1.807) is 17.8 Å². The zero-order chi connectivity index (χ0) is 15.7. The Kier molecular flexibility index (Phi) is 3.50. The molecule has 1 N–H and O–H groups in total. The lowest BCUT2D eigenvalue weighted by Crippen LogP contribution is -2.20. The minimum atomic E-state index is -0.630. The van der Waals surface area contributed by atoms with Crippen molar-refractivity contribution >= 4 is 17.0 Å². The first-order valence-electron chi connectivity index (χ1n) is 6.96. The van der Waals surface area contributed by atoms with E-state index >= 15 is 0 Å². The average Bonchev–Trinajstić information content (AvgIpc) is 2.90. The Hall–Kier alpha value is -2.89. The predicted octanol–water partition coefficient (Wildman–Crippen LogP) is 2.20. The molecule has 3 rings (SSSR count). The van der Waals surface area contributed by atoms with Gasteiger partial charge in [-0.1, -0.05) is 18.2 Å². The third-order valence-corrected chi connectivity index (χ3v) is 3.41. The van der Waals surface area contributed by atoms with E-state index in [1.807, 2.05) is 31.2 Å². The Morgan fingerprint density at radius 1 is 1.36 bits per heavy atom. The molecular formula is C16H15N3O3. The fraction of sp³-hybridized carbons (Fsp3) is 0.188. The summed E-state index contributed by atoms with van der Waals surface area (Å²) < 4.78 is 6.54. The van der Waals surface area contributed by atoms with Gasteiger partial charge in [0, 0.05) is 5.39 Å². The fourth-order valence-corrected chi connectivity index (χ4v) is 2.33.